The van der Waals surface area contributed by atoms with Crippen LogP contribution in [0.4, 0.5) is 5.82 Å². The highest BCUT2D eigenvalue weighted by Gasteiger charge is 2.33. The van der Waals surface area contributed by atoms with Crippen molar-refractivity contribution in [2.24, 2.45) is 16.6 Å². The van der Waals surface area contributed by atoms with Crippen LogP contribution in [-0.4, -0.2) is 67.2 Å². The smallest absolute Gasteiger partial charge is 0.255 e. The zero-order valence-corrected chi connectivity index (χ0v) is 19.4. The van der Waals surface area contributed by atoms with Crippen LogP contribution in [0.5, 0.6) is 0 Å². The first-order chi connectivity index (χ1) is 16.6. The topological polar surface area (TPSA) is 108 Å². The second-order valence-corrected chi connectivity index (χ2v) is 9.60. The number of nitrogens with zero attached hydrogens (tertiary/aromatic N) is 6. The lowest BCUT2D eigenvalue weighted by atomic mass is 9.97. The largest absolute Gasteiger partial charge is 0.358 e. The maximum atomic E-state index is 13.7. The van der Waals surface area contributed by atoms with Crippen LogP contribution in [0.15, 0.2) is 41.5 Å². The molecule has 9 heteroatoms. The first-order valence-corrected chi connectivity index (χ1v) is 12.2. The van der Waals surface area contributed by atoms with E-state index in [0.717, 1.165) is 67.0 Å². The van der Waals surface area contributed by atoms with E-state index in [1.807, 2.05) is 40.0 Å². The molecule has 3 N–H and O–H groups in total. The maximum Gasteiger partial charge on any atom is 0.255 e. The summed E-state index contributed by atoms with van der Waals surface area (Å²) in [7, 11) is 0. The van der Waals surface area contributed by atoms with Gasteiger partial charge in [0.15, 0.2) is 5.82 Å². The van der Waals surface area contributed by atoms with E-state index >= 15 is 0 Å². The van der Waals surface area contributed by atoms with Crippen LogP contribution in [0, 0.1) is 5.92 Å². The summed E-state index contributed by atoms with van der Waals surface area (Å²) >= 11 is 0. The lowest BCUT2D eigenvalue weighted by molar-refractivity contribution is 0.0607. The van der Waals surface area contributed by atoms with E-state index in [9.17, 15) is 4.79 Å². The summed E-state index contributed by atoms with van der Waals surface area (Å²) in [5.41, 5.74) is 8.53. The number of hydrogen-bond donors (Lipinski definition) is 2. The average molecular weight is 459 g/mol. The number of piperidine rings is 1. The monoisotopic (exact) mass is 458 g/mol. The van der Waals surface area contributed by atoms with Crippen molar-refractivity contribution in [3.05, 3.63) is 47.8 Å². The van der Waals surface area contributed by atoms with Gasteiger partial charge < -0.3 is 15.5 Å². The summed E-state index contributed by atoms with van der Waals surface area (Å²) in [6, 6.07) is 7.86. The predicted molar refractivity (Wildman–Crippen MR) is 132 cm³/mol. The van der Waals surface area contributed by atoms with E-state index < -0.39 is 0 Å². The summed E-state index contributed by atoms with van der Waals surface area (Å²) in [5, 5.41) is 12.9. The van der Waals surface area contributed by atoms with Crippen molar-refractivity contribution in [1.29, 1.82) is 0 Å². The molecule has 3 aliphatic rings. The van der Waals surface area contributed by atoms with E-state index in [0.29, 0.717) is 12.1 Å². The van der Waals surface area contributed by atoms with Crippen molar-refractivity contribution in [2.75, 3.05) is 19.6 Å². The second-order valence-electron chi connectivity index (χ2n) is 9.60. The van der Waals surface area contributed by atoms with Gasteiger partial charge >= 0.3 is 0 Å². The van der Waals surface area contributed by atoms with E-state index in [1.54, 1.807) is 6.20 Å². The molecule has 1 aromatic carbocycles. The molecule has 2 aromatic heterocycles. The Bertz CT molecular complexity index is 1290. The second kappa shape index (κ2) is 8.39. The Morgan fingerprint density at radius 2 is 2.12 bits per heavy atom. The number of nitrogens with one attached hydrogen (secondary N) is 1. The highest BCUT2D eigenvalue weighted by Crippen LogP contribution is 2.35. The fourth-order valence-electron chi connectivity index (χ4n) is 5.42. The van der Waals surface area contributed by atoms with Crippen molar-refractivity contribution < 1.29 is 4.79 Å². The normalized spacial score (nSPS) is 24.9. The number of rotatable bonds is 2. The van der Waals surface area contributed by atoms with E-state index in [2.05, 4.69) is 28.1 Å². The van der Waals surface area contributed by atoms with Crippen LogP contribution in [0.2, 0.25) is 0 Å². The summed E-state index contributed by atoms with van der Waals surface area (Å²) in [6.07, 6.45) is 9.87. The van der Waals surface area contributed by atoms with Gasteiger partial charge in [-0.1, -0.05) is 19.1 Å². The first-order valence-electron chi connectivity index (χ1n) is 12.2. The molecule has 0 aliphatic carbocycles. The molecule has 3 aliphatic heterocycles. The molecule has 9 nitrogen and oxygen atoms in total. The van der Waals surface area contributed by atoms with Gasteiger partial charge in [0.05, 0.1) is 22.8 Å². The highest BCUT2D eigenvalue weighted by molar-refractivity contribution is 6.06. The number of amidine groups is 1. The van der Waals surface area contributed by atoms with Crippen molar-refractivity contribution in [3.63, 3.8) is 0 Å². The number of carbonyl (C=O) groups is 1. The molecule has 6 rings (SSSR count). The molecule has 0 radical (unpaired) electrons. The molecule has 3 aromatic rings. The third-order valence-electron chi connectivity index (χ3n) is 7.25. The molecule has 2 saturated heterocycles. The summed E-state index contributed by atoms with van der Waals surface area (Å²) in [4.78, 5) is 23.0. The number of likely N-dealkylation sites (tertiary alicyclic amines) is 2. The van der Waals surface area contributed by atoms with Gasteiger partial charge in [-0.05, 0) is 37.8 Å². The molecule has 5 heterocycles. The molecular weight excluding hydrogens is 428 g/mol. The number of fused-ring (bicyclic) bond motifs is 2. The fraction of sp³-hybridized carbons (Fsp3) is 0.440. The number of nitrogens with two attached hydrogens (primary N) is 1. The third kappa shape index (κ3) is 3.60. The summed E-state index contributed by atoms with van der Waals surface area (Å²) in [5.74, 6) is 2.07. The van der Waals surface area contributed by atoms with Crippen LogP contribution in [0.25, 0.3) is 17.1 Å². The SMILES string of the molecule is CC1C=Cn2nc([C@@H]3CCCCN3C(=O)c3cccc4n[nH]cc34)cc2N=C1N1CCC(N)C1. The fourth-order valence-corrected chi connectivity index (χ4v) is 5.42. The molecule has 0 spiro atoms. The van der Waals surface area contributed by atoms with Crippen molar-refractivity contribution in [2.45, 2.75) is 44.7 Å². The molecular formula is C25H30N8O. The Balaban J connectivity index is 1.33. The van der Waals surface area contributed by atoms with Crippen molar-refractivity contribution in [3.8, 4) is 0 Å². The Labute approximate surface area is 198 Å². The van der Waals surface area contributed by atoms with E-state index in [1.165, 1.54) is 0 Å². The zero-order chi connectivity index (χ0) is 23.2. The van der Waals surface area contributed by atoms with Gasteiger partial charge in [0.2, 0.25) is 0 Å². The Morgan fingerprint density at radius 3 is 2.97 bits per heavy atom. The number of H-pyrrole nitrogens is 1. The van der Waals surface area contributed by atoms with Crippen molar-refractivity contribution in [1.82, 2.24) is 29.8 Å². The quantitative estimate of drug-likeness (QED) is 0.612. The van der Waals surface area contributed by atoms with Crippen molar-refractivity contribution >= 4 is 34.7 Å². The molecule has 2 fully saturated rings. The molecule has 34 heavy (non-hydrogen) atoms. The molecule has 1 amide bonds. The summed E-state index contributed by atoms with van der Waals surface area (Å²) < 4.78 is 1.85. The standard InChI is InChI=1S/C25H30N8O/c1-16-8-12-33-23(28-24(16)31-11-9-17(26)15-31)13-21(30-33)22-7-2-3-10-32(22)25(34)18-5-4-6-20-19(18)14-27-29-20/h4-6,8,12-14,16-17,22H,2-3,7,9-11,15,26H2,1H3,(H,27,29)/t16?,17?,22-/m0/s1. The molecule has 2 unspecified atom stereocenters. The van der Waals surface area contributed by atoms with Gasteiger partial charge in [0, 0.05) is 55.4 Å². The van der Waals surface area contributed by atoms with Crippen LogP contribution >= 0.6 is 0 Å². The van der Waals surface area contributed by atoms with Crippen LogP contribution in [-0.2, 0) is 0 Å². The average Bonchev–Trinajstić information content (AvgIpc) is 3.58. The minimum atomic E-state index is -0.0764. The van der Waals surface area contributed by atoms with E-state index in [-0.39, 0.29) is 23.9 Å². The lowest BCUT2D eigenvalue weighted by Gasteiger charge is -2.35. The number of aliphatic imine (C=N–C) groups is 1. The molecule has 0 saturated carbocycles. The van der Waals surface area contributed by atoms with Gasteiger partial charge in [-0.2, -0.15) is 10.2 Å². The van der Waals surface area contributed by atoms with Crippen LogP contribution < -0.4 is 5.73 Å². The predicted octanol–water partition coefficient (Wildman–Crippen LogP) is 3.31. The van der Waals surface area contributed by atoms with E-state index in [4.69, 9.17) is 15.8 Å². The zero-order valence-electron chi connectivity index (χ0n) is 19.4. The Hall–Kier alpha value is -3.46. The third-order valence-corrected chi connectivity index (χ3v) is 7.25. The first kappa shape index (κ1) is 21.1. The highest BCUT2D eigenvalue weighted by atomic mass is 16.2. The van der Waals surface area contributed by atoms with Crippen LogP contribution in [0.1, 0.15) is 54.7 Å². The molecule has 176 valence electrons. The Kier molecular flexibility index (Phi) is 5.21. The number of aromatic amines is 1. The number of hydrogen-bond acceptors (Lipinski definition) is 6. The van der Waals surface area contributed by atoms with Gasteiger partial charge in [-0.25, -0.2) is 9.67 Å². The van der Waals surface area contributed by atoms with Gasteiger partial charge in [0.1, 0.15) is 5.84 Å². The number of amides is 1. The number of carbonyl (C=O) groups excluding carboxylic acids is 1. The molecule has 0 bridgehead atoms. The minimum absolute atomic E-state index is 0.0271. The molecule has 3 atom stereocenters. The lowest BCUT2D eigenvalue weighted by Crippen LogP contribution is -2.38. The minimum Gasteiger partial charge on any atom is -0.358 e. The number of benzene rings is 1. The maximum absolute atomic E-state index is 13.7. The number of aromatic nitrogens is 4. The summed E-state index contributed by atoms with van der Waals surface area (Å²) in [6.45, 7) is 4.64. The van der Waals surface area contributed by atoms with Gasteiger partial charge in [-0.15, -0.1) is 0 Å². The van der Waals surface area contributed by atoms with Gasteiger partial charge in [0.25, 0.3) is 5.91 Å². The Morgan fingerprint density at radius 1 is 1.21 bits per heavy atom. The van der Waals surface area contributed by atoms with Crippen LogP contribution in [0.3, 0.4) is 0 Å². The van der Waals surface area contributed by atoms with Gasteiger partial charge in [-0.3, -0.25) is 9.89 Å².